The van der Waals surface area contributed by atoms with Crippen LogP contribution in [0.2, 0.25) is 0 Å². The molecule has 134 valence electrons. The Hall–Kier alpha value is -2.81. The number of nitrogens with two attached hydrogens (primary N) is 1. The zero-order valence-electron chi connectivity index (χ0n) is 13.1. The van der Waals surface area contributed by atoms with Gasteiger partial charge in [-0.2, -0.15) is 18.2 Å². The molecular formula is C17H12BrF3N4O. The summed E-state index contributed by atoms with van der Waals surface area (Å²) in [5.41, 5.74) is 4.97. The Kier molecular flexibility index (Phi) is 4.99. The quantitative estimate of drug-likeness (QED) is 0.588. The Bertz CT molecular complexity index is 917. The highest BCUT2D eigenvalue weighted by molar-refractivity contribution is 9.10. The Labute approximate surface area is 155 Å². The number of benzene rings is 2. The normalized spacial score (nSPS) is 11.2. The van der Waals surface area contributed by atoms with E-state index in [4.69, 9.17) is 10.5 Å². The van der Waals surface area contributed by atoms with Crippen molar-refractivity contribution in [1.29, 1.82) is 0 Å². The van der Waals surface area contributed by atoms with Gasteiger partial charge in [-0.15, -0.1) is 0 Å². The molecule has 0 aliphatic heterocycles. The Morgan fingerprint density at radius 3 is 2.38 bits per heavy atom. The van der Waals surface area contributed by atoms with Gasteiger partial charge in [0.05, 0.1) is 11.3 Å². The third-order valence-electron chi connectivity index (χ3n) is 3.36. The lowest BCUT2D eigenvalue weighted by Gasteiger charge is -2.15. The molecule has 0 saturated carbocycles. The van der Waals surface area contributed by atoms with Gasteiger partial charge in [0.25, 0.3) is 0 Å². The lowest BCUT2D eigenvalue weighted by molar-refractivity contribution is -0.136. The van der Waals surface area contributed by atoms with Crippen molar-refractivity contribution in [2.75, 3.05) is 11.1 Å². The van der Waals surface area contributed by atoms with Gasteiger partial charge in [-0.3, -0.25) is 0 Å². The molecule has 0 bridgehead atoms. The van der Waals surface area contributed by atoms with Crippen molar-refractivity contribution >= 4 is 33.1 Å². The molecule has 0 amide bonds. The van der Waals surface area contributed by atoms with Crippen molar-refractivity contribution in [3.05, 3.63) is 64.9 Å². The first-order chi connectivity index (χ1) is 12.3. The van der Waals surface area contributed by atoms with Crippen LogP contribution in [0, 0.1) is 0 Å². The molecule has 9 heteroatoms. The van der Waals surface area contributed by atoms with Crippen LogP contribution in [0.25, 0.3) is 0 Å². The number of halogens is 4. The molecular weight excluding hydrogens is 413 g/mol. The predicted octanol–water partition coefficient (Wildman–Crippen LogP) is 5.38. The van der Waals surface area contributed by atoms with Gasteiger partial charge in [0.1, 0.15) is 17.8 Å². The highest BCUT2D eigenvalue weighted by Crippen LogP contribution is 2.37. The van der Waals surface area contributed by atoms with Gasteiger partial charge in [-0.05, 0) is 36.4 Å². The third kappa shape index (κ3) is 4.05. The molecule has 0 aliphatic rings. The summed E-state index contributed by atoms with van der Waals surface area (Å²) in [6, 6.07) is 12.0. The van der Waals surface area contributed by atoms with Gasteiger partial charge < -0.3 is 15.8 Å². The summed E-state index contributed by atoms with van der Waals surface area (Å²) in [6.45, 7) is 0. The molecule has 0 saturated heterocycles. The molecule has 0 unspecified atom stereocenters. The van der Waals surface area contributed by atoms with Crippen molar-refractivity contribution in [3.8, 4) is 11.6 Å². The van der Waals surface area contributed by atoms with Gasteiger partial charge in [0.15, 0.2) is 5.82 Å². The van der Waals surface area contributed by atoms with E-state index in [0.717, 1.165) is 16.9 Å². The molecule has 0 fully saturated rings. The molecule has 26 heavy (non-hydrogen) atoms. The second-order valence-electron chi connectivity index (χ2n) is 5.17. The first kappa shape index (κ1) is 18.0. The molecule has 3 aromatic rings. The fourth-order valence-electron chi connectivity index (χ4n) is 2.14. The van der Waals surface area contributed by atoms with E-state index in [1.165, 1.54) is 18.2 Å². The number of ether oxygens (including phenoxy) is 1. The smallest absolute Gasteiger partial charge is 0.418 e. The number of anilines is 3. The lowest BCUT2D eigenvalue weighted by atomic mass is 10.1. The van der Waals surface area contributed by atoms with Crippen molar-refractivity contribution in [2.24, 2.45) is 0 Å². The first-order valence-electron chi connectivity index (χ1n) is 7.32. The van der Waals surface area contributed by atoms with E-state index in [-0.39, 0.29) is 23.1 Å². The molecule has 1 heterocycles. The highest BCUT2D eigenvalue weighted by atomic mass is 79.9. The SMILES string of the molecule is Nc1c(Nc2ccccc2C(F)(F)F)ncnc1Oc1ccc(Br)cc1. The second-order valence-corrected chi connectivity index (χ2v) is 6.08. The summed E-state index contributed by atoms with van der Waals surface area (Å²) in [4.78, 5) is 7.85. The minimum atomic E-state index is -4.51. The fraction of sp³-hybridized carbons (Fsp3) is 0.0588. The summed E-state index contributed by atoms with van der Waals surface area (Å²) in [5.74, 6) is 0.526. The summed E-state index contributed by atoms with van der Waals surface area (Å²) in [7, 11) is 0. The van der Waals surface area contributed by atoms with Crippen LogP contribution in [0.5, 0.6) is 11.6 Å². The van der Waals surface area contributed by atoms with E-state index in [1.807, 2.05) is 0 Å². The van der Waals surface area contributed by atoms with Gasteiger partial charge in [-0.25, -0.2) is 4.98 Å². The first-order valence-corrected chi connectivity index (χ1v) is 8.11. The summed E-state index contributed by atoms with van der Waals surface area (Å²) < 4.78 is 45.8. The number of nitrogens with one attached hydrogen (secondary N) is 1. The number of rotatable bonds is 4. The Morgan fingerprint density at radius 1 is 1.00 bits per heavy atom. The van der Waals surface area contributed by atoms with E-state index in [1.54, 1.807) is 24.3 Å². The zero-order chi connectivity index (χ0) is 18.7. The van der Waals surface area contributed by atoms with Gasteiger partial charge >= 0.3 is 6.18 Å². The molecule has 2 aromatic carbocycles. The van der Waals surface area contributed by atoms with Crippen LogP contribution in [0.4, 0.5) is 30.4 Å². The standard InChI is InChI=1S/C17H12BrF3N4O/c18-10-5-7-11(8-6-10)26-16-14(22)15(23-9-24-16)25-13-4-2-1-3-12(13)17(19,20)21/h1-9H,22H2,(H,23,24,25). The largest absolute Gasteiger partial charge is 0.437 e. The fourth-order valence-corrected chi connectivity index (χ4v) is 2.41. The van der Waals surface area contributed by atoms with Crippen molar-refractivity contribution in [1.82, 2.24) is 9.97 Å². The van der Waals surface area contributed by atoms with E-state index >= 15 is 0 Å². The molecule has 3 rings (SSSR count). The molecule has 0 radical (unpaired) electrons. The van der Waals surface area contributed by atoms with Crippen LogP contribution in [0.1, 0.15) is 5.56 Å². The highest BCUT2D eigenvalue weighted by Gasteiger charge is 2.33. The number of nitrogens with zero attached hydrogens (tertiary/aromatic N) is 2. The maximum atomic E-state index is 13.1. The topological polar surface area (TPSA) is 73.1 Å². The van der Waals surface area contributed by atoms with Crippen molar-refractivity contribution in [2.45, 2.75) is 6.18 Å². The van der Waals surface area contributed by atoms with Gasteiger partial charge in [0, 0.05) is 4.47 Å². The van der Waals surface area contributed by atoms with Gasteiger partial charge in [0.2, 0.25) is 5.88 Å². The zero-order valence-corrected chi connectivity index (χ0v) is 14.7. The van der Waals surface area contributed by atoms with Crippen LogP contribution in [0.3, 0.4) is 0 Å². The number of nitrogen functional groups attached to an aromatic ring is 1. The average Bonchev–Trinajstić information content (AvgIpc) is 2.60. The van der Waals surface area contributed by atoms with Gasteiger partial charge in [-0.1, -0.05) is 28.1 Å². The van der Waals surface area contributed by atoms with Crippen LogP contribution >= 0.6 is 15.9 Å². The molecule has 0 spiro atoms. The monoisotopic (exact) mass is 424 g/mol. The van der Waals surface area contributed by atoms with E-state index in [2.05, 4.69) is 31.2 Å². The van der Waals surface area contributed by atoms with Crippen molar-refractivity contribution < 1.29 is 17.9 Å². The third-order valence-corrected chi connectivity index (χ3v) is 3.89. The number of hydrogen-bond acceptors (Lipinski definition) is 5. The maximum absolute atomic E-state index is 13.1. The van der Waals surface area contributed by atoms with Crippen LogP contribution < -0.4 is 15.8 Å². The van der Waals surface area contributed by atoms with Crippen LogP contribution in [-0.2, 0) is 6.18 Å². The summed E-state index contributed by atoms with van der Waals surface area (Å²) >= 11 is 3.31. The second kappa shape index (κ2) is 7.20. The predicted molar refractivity (Wildman–Crippen MR) is 95.4 cm³/mol. The molecule has 5 nitrogen and oxygen atoms in total. The lowest BCUT2D eigenvalue weighted by Crippen LogP contribution is -2.10. The van der Waals surface area contributed by atoms with Crippen LogP contribution in [-0.4, -0.2) is 9.97 Å². The minimum Gasteiger partial charge on any atom is -0.437 e. The average molecular weight is 425 g/mol. The molecule has 0 atom stereocenters. The molecule has 0 aliphatic carbocycles. The number of para-hydroxylation sites is 1. The van der Waals surface area contributed by atoms with E-state index < -0.39 is 11.7 Å². The summed E-state index contributed by atoms with van der Waals surface area (Å²) in [5, 5.41) is 2.60. The van der Waals surface area contributed by atoms with E-state index in [9.17, 15) is 13.2 Å². The number of alkyl halides is 3. The molecule has 3 N–H and O–H groups in total. The van der Waals surface area contributed by atoms with Crippen molar-refractivity contribution in [3.63, 3.8) is 0 Å². The minimum absolute atomic E-state index is 0.00704. The Balaban J connectivity index is 1.90. The maximum Gasteiger partial charge on any atom is 0.418 e. The number of aromatic nitrogens is 2. The Morgan fingerprint density at radius 2 is 1.69 bits per heavy atom. The molecule has 1 aromatic heterocycles. The van der Waals surface area contributed by atoms with E-state index in [0.29, 0.717) is 5.75 Å². The van der Waals surface area contributed by atoms with Crippen LogP contribution in [0.15, 0.2) is 59.3 Å². The summed E-state index contributed by atoms with van der Waals surface area (Å²) in [6.07, 6.45) is -3.36. The number of hydrogen-bond donors (Lipinski definition) is 2.